The highest BCUT2D eigenvalue weighted by molar-refractivity contribution is 14.1. The average molecular weight is 261 g/mol. The molecule has 1 aromatic heterocycles. The van der Waals surface area contributed by atoms with Gasteiger partial charge >= 0.3 is 0 Å². The van der Waals surface area contributed by atoms with Gasteiger partial charge in [0.25, 0.3) is 0 Å². The quantitative estimate of drug-likeness (QED) is 0.527. The van der Waals surface area contributed by atoms with Crippen molar-refractivity contribution in [2.45, 2.75) is 17.0 Å². The molecule has 2 heterocycles. The van der Waals surface area contributed by atoms with E-state index in [1.807, 2.05) is 6.07 Å². The van der Waals surface area contributed by atoms with Gasteiger partial charge in [-0.1, -0.05) is 0 Å². The third-order valence-electron chi connectivity index (χ3n) is 1.70. The second kappa shape index (κ2) is 2.33. The van der Waals surface area contributed by atoms with Gasteiger partial charge in [-0.15, -0.1) is 0 Å². The summed E-state index contributed by atoms with van der Waals surface area (Å²) in [5.41, 5.74) is 1.26. The summed E-state index contributed by atoms with van der Waals surface area (Å²) in [5.74, 6) is 0.935. The lowest BCUT2D eigenvalue weighted by Gasteiger charge is -2.13. The van der Waals surface area contributed by atoms with E-state index in [2.05, 4.69) is 34.5 Å². The molecule has 1 aromatic rings. The van der Waals surface area contributed by atoms with Crippen molar-refractivity contribution in [1.82, 2.24) is 4.98 Å². The van der Waals surface area contributed by atoms with Gasteiger partial charge in [0.1, 0.15) is 5.75 Å². The van der Waals surface area contributed by atoms with Gasteiger partial charge in [-0.25, -0.2) is 0 Å². The molecule has 0 saturated carbocycles. The summed E-state index contributed by atoms with van der Waals surface area (Å²) in [4.78, 5) is 3.99. The van der Waals surface area contributed by atoms with Crippen molar-refractivity contribution in [3.63, 3.8) is 0 Å². The fraction of sp³-hybridized carbons (Fsp3) is 0.375. The zero-order valence-electron chi connectivity index (χ0n) is 6.17. The SMILES string of the molecule is CC1(I)Cc2ccncc2O1. The second-order valence-corrected chi connectivity index (χ2v) is 5.15. The van der Waals surface area contributed by atoms with E-state index in [9.17, 15) is 0 Å². The van der Waals surface area contributed by atoms with Crippen molar-refractivity contribution in [1.29, 1.82) is 0 Å². The van der Waals surface area contributed by atoms with Crippen molar-refractivity contribution in [2.75, 3.05) is 0 Å². The molecule has 2 nitrogen and oxygen atoms in total. The van der Waals surface area contributed by atoms with Crippen LogP contribution >= 0.6 is 22.6 Å². The average Bonchev–Trinajstić information content (AvgIpc) is 2.21. The van der Waals surface area contributed by atoms with E-state index in [-0.39, 0.29) is 3.61 Å². The molecule has 1 aliphatic rings. The van der Waals surface area contributed by atoms with E-state index in [1.165, 1.54) is 5.56 Å². The first-order valence-electron chi connectivity index (χ1n) is 3.48. The molecular formula is C8H8INO. The number of hydrogen-bond acceptors (Lipinski definition) is 2. The Labute approximate surface area is 79.1 Å². The summed E-state index contributed by atoms with van der Waals surface area (Å²) >= 11 is 2.31. The van der Waals surface area contributed by atoms with Crippen LogP contribution in [0.3, 0.4) is 0 Å². The smallest absolute Gasteiger partial charge is 0.160 e. The Bertz CT molecular complexity index is 258. The molecule has 1 aliphatic heterocycles. The first-order valence-corrected chi connectivity index (χ1v) is 4.56. The molecule has 2 rings (SSSR count). The Kier molecular flexibility index (Phi) is 1.56. The monoisotopic (exact) mass is 261 g/mol. The number of fused-ring (bicyclic) bond motifs is 1. The maximum Gasteiger partial charge on any atom is 0.160 e. The third kappa shape index (κ3) is 1.34. The molecule has 11 heavy (non-hydrogen) atoms. The van der Waals surface area contributed by atoms with Crippen LogP contribution in [0.2, 0.25) is 0 Å². The summed E-state index contributed by atoms with van der Waals surface area (Å²) in [6, 6.07) is 2.01. The van der Waals surface area contributed by atoms with Gasteiger partial charge in [0.15, 0.2) is 3.61 Å². The minimum atomic E-state index is -0.0663. The molecule has 0 fully saturated rings. The number of ether oxygens (including phenoxy) is 1. The first kappa shape index (κ1) is 7.34. The Balaban J connectivity index is 2.41. The van der Waals surface area contributed by atoms with E-state index in [0.29, 0.717) is 0 Å². The number of hydrogen-bond donors (Lipinski definition) is 0. The minimum absolute atomic E-state index is 0.0663. The van der Waals surface area contributed by atoms with Crippen LogP contribution in [-0.2, 0) is 6.42 Å². The summed E-state index contributed by atoms with van der Waals surface area (Å²) in [5, 5.41) is 0. The highest BCUT2D eigenvalue weighted by Crippen LogP contribution is 2.37. The van der Waals surface area contributed by atoms with Crippen LogP contribution in [0.15, 0.2) is 18.5 Å². The van der Waals surface area contributed by atoms with Crippen molar-refractivity contribution < 1.29 is 4.74 Å². The highest BCUT2D eigenvalue weighted by atomic mass is 127. The van der Waals surface area contributed by atoms with Crippen LogP contribution in [0, 0.1) is 0 Å². The Morgan fingerprint density at radius 2 is 2.55 bits per heavy atom. The van der Waals surface area contributed by atoms with Gasteiger partial charge < -0.3 is 4.74 Å². The van der Waals surface area contributed by atoms with Crippen molar-refractivity contribution >= 4 is 22.6 Å². The van der Waals surface area contributed by atoms with Gasteiger partial charge in [0, 0.05) is 18.2 Å². The molecule has 3 heteroatoms. The predicted octanol–water partition coefficient (Wildman–Crippen LogP) is 2.17. The molecule has 0 aliphatic carbocycles. The lowest BCUT2D eigenvalue weighted by molar-refractivity contribution is 0.236. The molecule has 0 bridgehead atoms. The van der Waals surface area contributed by atoms with E-state index >= 15 is 0 Å². The van der Waals surface area contributed by atoms with Gasteiger partial charge in [-0.3, -0.25) is 4.98 Å². The number of aromatic nitrogens is 1. The van der Waals surface area contributed by atoms with E-state index in [0.717, 1.165) is 12.2 Å². The molecule has 1 unspecified atom stereocenters. The van der Waals surface area contributed by atoms with Gasteiger partial charge in [0.05, 0.1) is 6.20 Å². The second-order valence-electron chi connectivity index (χ2n) is 2.86. The topological polar surface area (TPSA) is 22.1 Å². The zero-order chi connectivity index (χ0) is 7.90. The van der Waals surface area contributed by atoms with Crippen molar-refractivity contribution in [3.05, 3.63) is 24.0 Å². The minimum Gasteiger partial charge on any atom is -0.475 e. The highest BCUT2D eigenvalue weighted by Gasteiger charge is 2.31. The molecule has 0 saturated heterocycles. The Hall–Kier alpha value is -0.320. The number of pyridine rings is 1. The summed E-state index contributed by atoms with van der Waals surface area (Å²) in [6.45, 7) is 2.08. The summed E-state index contributed by atoms with van der Waals surface area (Å²) in [6.07, 6.45) is 4.56. The molecule has 0 radical (unpaired) electrons. The number of rotatable bonds is 0. The predicted molar refractivity (Wildman–Crippen MR) is 51.0 cm³/mol. The normalized spacial score (nSPS) is 27.8. The standard InChI is InChI=1S/C8H8INO/c1-8(9)4-6-2-3-10-5-7(6)11-8/h2-3,5H,4H2,1H3. The molecule has 0 aromatic carbocycles. The number of alkyl halides is 1. The van der Waals surface area contributed by atoms with E-state index in [4.69, 9.17) is 4.74 Å². The molecule has 58 valence electrons. The molecule has 0 amide bonds. The number of nitrogens with zero attached hydrogens (tertiary/aromatic N) is 1. The molecular weight excluding hydrogens is 253 g/mol. The van der Waals surface area contributed by atoms with Crippen molar-refractivity contribution in [2.24, 2.45) is 0 Å². The molecule has 1 atom stereocenters. The lowest BCUT2D eigenvalue weighted by atomic mass is 10.2. The van der Waals surface area contributed by atoms with Gasteiger partial charge in [0.2, 0.25) is 0 Å². The summed E-state index contributed by atoms with van der Waals surface area (Å²) < 4.78 is 5.55. The first-order chi connectivity index (χ1) is 5.17. The molecule has 0 spiro atoms. The van der Waals surface area contributed by atoms with Crippen LogP contribution < -0.4 is 4.74 Å². The van der Waals surface area contributed by atoms with Gasteiger partial charge in [-0.2, -0.15) is 0 Å². The van der Waals surface area contributed by atoms with Crippen LogP contribution in [-0.4, -0.2) is 8.59 Å². The Morgan fingerprint density at radius 1 is 1.73 bits per heavy atom. The maximum absolute atomic E-state index is 5.62. The maximum atomic E-state index is 5.62. The van der Waals surface area contributed by atoms with E-state index in [1.54, 1.807) is 12.4 Å². The van der Waals surface area contributed by atoms with Gasteiger partial charge in [-0.05, 0) is 35.6 Å². The lowest BCUT2D eigenvalue weighted by Crippen LogP contribution is -2.20. The summed E-state index contributed by atoms with van der Waals surface area (Å²) in [7, 11) is 0. The number of halogens is 1. The van der Waals surface area contributed by atoms with Crippen LogP contribution in [0.5, 0.6) is 5.75 Å². The fourth-order valence-electron chi connectivity index (χ4n) is 1.25. The Morgan fingerprint density at radius 3 is 3.27 bits per heavy atom. The van der Waals surface area contributed by atoms with Crippen LogP contribution in [0.4, 0.5) is 0 Å². The zero-order valence-corrected chi connectivity index (χ0v) is 8.33. The van der Waals surface area contributed by atoms with E-state index < -0.39 is 0 Å². The fourth-order valence-corrected chi connectivity index (χ4v) is 1.90. The van der Waals surface area contributed by atoms with Crippen LogP contribution in [0.25, 0.3) is 0 Å². The van der Waals surface area contributed by atoms with Crippen molar-refractivity contribution in [3.8, 4) is 5.75 Å². The third-order valence-corrected chi connectivity index (χ3v) is 2.30. The largest absolute Gasteiger partial charge is 0.475 e. The van der Waals surface area contributed by atoms with Crippen LogP contribution in [0.1, 0.15) is 12.5 Å². The molecule has 0 N–H and O–H groups in total.